The summed E-state index contributed by atoms with van der Waals surface area (Å²) in [6.45, 7) is 0. The van der Waals surface area contributed by atoms with Crippen LogP contribution >= 0.6 is 0 Å². The molecule has 0 aromatic heterocycles. The highest BCUT2D eigenvalue weighted by atomic mass is 16.5. The largest absolute Gasteiger partial charge is 0.504 e. The molecule has 0 saturated heterocycles. The van der Waals surface area contributed by atoms with E-state index in [4.69, 9.17) is 9.47 Å². The maximum atomic E-state index is 10.8. The molecule has 1 heterocycles. The van der Waals surface area contributed by atoms with Crippen LogP contribution in [0, 0.1) is 11.8 Å². The Labute approximate surface area is 130 Å². The van der Waals surface area contributed by atoms with Crippen molar-refractivity contribution in [1.29, 1.82) is 0 Å². The highest BCUT2D eigenvalue weighted by Crippen LogP contribution is 2.65. The monoisotopic (exact) mass is 302 g/mol. The highest BCUT2D eigenvalue weighted by molar-refractivity contribution is 5.60. The lowest BCUT2D eigenvalue weighted by molar-refractivity contribution is -0.153. The van der Waals surface area contributed by atoms with Crippen LogP contribution in [0.2, 0.25) is 0 Å². The van der Waals surface area contributed by atoms with Gasteiger partial charge in [0.05, 0.1) is 6.10 Å². The molecule has 2 saturated carbocycles. The van der Waals surface area contributed by atoms with Gasteiger partial charge in [0.2, 0.25) is 0 Å². The highest BCUT2D eigenvalue weighted by Gasteiger charge is 2.66. The summed E-state index contributed by atoms with van der Waals surface area (Å²) in [6, 6.07) is 3.81. The lowest BCUT2D eigenvalue weighted by Gasteiger charge is -2.57. The Morgan fingerprint density at radius 3 is 3.05 bits per heavy atom. The smallest absolute Gasteiger partial charge is 0.165 e. The van der Waals surface area contributed by atoms with Crippen LogP contribution in [0.15, 0.2) is 12.1 Å². The summed E-state index contributed by atoms with van der Waals surface area (Å²) in [7, 11) is 1.68. The quantitative estimate of drug-likeness (QED) is 0.834. The fourth-order valence-electron chi connectivity index (χ4n) is 6.04. The second kappa shape index (κ2) is 4.18. The normalized spacial score (nSPS) is 44.4. The lowest BCUT2D eigenvalue weighted by atomic mass is 9.47. The molecule has 0 radical (unpaired) electrons. The topological polar surface area (TPSA) is 58.9 Å². The number of phenols is 1. The molecule has 22 heavy (non-hydrogen) atoms. The minimum Gasteiger partial charge on any atom is -0.504 e. The van der Waals surface area contributed by atoms with E-state index >= 15 is 0 Å². The summed E-state index contributed by atoms with van der Waals surface area (Å²) in [6.07, 6.45) is 4.38. The number of phenolic OH excluding ortho intramolecular Hbond substituents is 1. The minimum absolute atomic E-state index is 0.112. The SMILES string of the molecule is CO[C@@H]1C[C@H]2[C@@H]3CCC[C@@]24c2c(ccc(O)c2O[C@H]4C1O)C3. The summed E-state index contributed by atoms with van der Waals surface area (Å²) >= 11 is 0. The van der Waals surface area contributed by atoms with Crippen molar-refractivity contribution in [3.05, 3.63) is 23.3 Å². The van der Waals surface area contributed by atoms with Crippen molar-refractivity contribution < 1.29 is 19.7 Å². The minimum atomic E-state index is -0.627. The van der Waals surface area contributed by atoms with Crippen LogP contribution in [0.3, 0.4) is 0 Å². The molecule has 2 N–H and O–H groups in total. The fourth-order valence-corrected chi connectivity index (χ4v) is 6.04. The van der Waals surface area contributed by atoms with E-state index in [1.54, 1.807) is 13.2 Å². The first kappa shape index (κ1) is 13.2. The zero-order valence-electron chi connectivity index (χ0n) is 12.8. The Balaban J connectivity index is 1.77. The van der Waals surface area contributed by atoms with Crippen molar-refractivity contribution in [3.8, 4) is 11.5 Å². The fraction of sp³-hybridized carbons (Fsp3) is 0.667. The van der Waals surface area contributed by atoms with Crippen molar-refractivity contribution >= 4 is 0 Å². The maximum absolute atomic E-state index is 10.8. The van der Waals surface area contributed by atoms with Gasteiger partial charge in [-0.15, -0.1) is 0 Å². The van der Waals surface area contributed by atoms with Gasteiger partial charge >= 0.3 is 0 Å². The van der Waals surface area contributed by atoms with E-state index < -0.39 is 6.10 Å². The molecule has 5 rings (SSSR count). The Kier molecular flexibility index (Phi) is 2.51. The first-order valence-corrected chi connectivity index (χ1v) is 8.39. The predicted molar refractivity (Wildman–Crippen MR) is 80.2 cm³/mol. The van der Waals surface area contributed by atoms with Crippen molar-refractivity contribution in [2.75, 3.05) is 7.11 Å². The van der Waals surface area contributed by atoms with Crippen LogP contribution in [0.5, 0.6) is 11.5 Å². The number of methoxy groups -OCH3 is 1. The van der Waals surface area contributed by atoms with Crippen molar-refractivity contribution in [3.63, 3.8) is 0 Å². The zero-order chi connectivity index (χ0) is 15.1. The Morgan fingerprint density at radius 1 is 1.36 bits per heavy atom. The molecular formula is C18H22O4. The standard InChI is InChI=1S/C18H22O4/c1-21-13-8-11-9-3-2-6-18(11)14-10(7-9)4-5-12(19)16(14)22-17(18)15(13)20/h4-5,9,11,13,15,17,19-20H,2-3,6-8H2,1H3/t9-,11+,13-,15?,17+,18+/m1/s1. The van der Waals surface area contributed by atoms with Crippen LogP contribution in [-0.4, -0.2) is 35.6 Å². The summed E-state index contributed by atoms with van der Waals surface area (Å²) in [5.41, 5.74) is 2.41. The van der Waals surface area contributed by atoms with E-state index in [1.165, 1.54) is 24.0 Å². The molecule has 118 valence electrons. The first-order valence-electron chi connectivity index (χ1n) is 8.39. The van der Waals surface area contributed by atoms with Gasteiger partial charge in [-0.25, -0.2) is 0 Å². The van der Waals surface area contributed by atoms with Gasteiger partial charge < -0.3 is 19.7 Å². The molecule has 0 amide bonds. The van der Waals surface area contributed by atoms with Crippen molar-refractivity contribution in [2.45, 2.75) is 55.8 Å². The molecule has 1 aromatic rings. The molecule has 1 aliphatic heterocycles. The molecule has 2 fully saturated rings. The number of hydrogen-bond donors (Lipinski definition) is 2. The molecule has 1 spiro atoms. The third-order valence-corrected chi connectivity index (χ3v) is 6.80. The predicted octanol–water partition coefficient (Wildman–Crippen LogP) is 2.14. The summed E-state index contributed by atoms with van der Waals surface area (Å²) in [4.78, 5) is 0. The third-order valence-electron chi connectivity index (χ3n) is 6.80. The molecule has 1 unspecified atom stereocenters. The molecule has 3 aliphatic carbocycles. The summed E-state index contributed by atoms with van der Waals surface area (Å²) < 4.78 is 11.7. The average Bonchev–Trinajstić information content (AvgIpc) is 2.85. The number of benzene rings is 1. The van der Waals surface area contributed by atoms with E-state index in [-0.39, 0.29) is 23.4 Å². The lowest BCUT2D eigenvalue weighted by Crippen LogP contribution is -2.64. The van der Waals surface area contributed by atoms with E-state index in [2.05, 4.69) is 6.07 Å². The van der Waals surface area contributed by atoms with Crippen LogP contribution in [-0.2, 0) is 16.6 Å². The molecule has 1 aromatic carbocycles. The molecule has 4 aliphatic rings. The summed E-state index contributed by atoms with van der Waals surface area (Å²) in [5.74, 6) is 1.98. The van der Waals surface area contributed by atoms with Crippen molar-refractivity contribution in [1.82, 2.24) is 0 Å². The van der Waals surface area contributed by atoms with E-state index in [0.29, 0.717) is 17.6 Å². The number of hydrogen-bond acceptors (Lipinski definition) is 4. The maximum Gasteiger partial charge on any atom is 0.165 e. The van der Waals surface area contributed by atoms with Crippen LogP contribution < -0.4 is 4.74 Å². The first-order chi connectivity index (χ1) is 10.7. The van der Waals surface area contributed by atoms with Gasteiger partial charge in [-0.05, 0) is 49.1 Å². The van der Waals surface area contributed by atoms with Gasteiger partial charge in [0, 0.05) is 18.1 Å². The Bertz CT molecular complexity index is 642. The van der Waals surface area contributed by atoms with Gasteiger partial charge in [0.15, 0.2) is 11.5 Å². The zero-order valence-corrected chi connectivity index (χ0v) is 12.8. The Morgan fingerprint density at radius 2 is 2.23 bits per heavy atom. The summed E-state index contributed by atoms with van der Waals surface area (Å²) in [5, 5.41) is 21.1. The number of aromatic hydroxyl groups is 1. The second-order valence-electron chi connectivity index (χ2n) is 7.49. The van der Waals surface area contributed by atoms with Gasteiger partial charge in [0.1, 0.15) is 12.2 Å². The molecule has 4 nitrogen and oxygen atoms in total. The van der Waals surface area contributed by atoms with E-state index in [9.17, 15) is 10.2 Å². The third kappa shape index (κ3) is 1.32. The number of aliphatic hydroxyl groups is 1. The van der Waals surface area contributed by atoms with Crippen LogP contribution in [0.1, 0.15) is 36.8 Å². The number of aliphatic hydroxyl groups excluding tert-OH is 1. The van der Waals surface area contributed by atoms with Crippen molar-refractivity contribution in [2.24, 2.45) is 11.8 Å². The van der Waals surface area contributed by atoms with Gasteiger partial charge in [-0.1, -0.05) is 12.5 Å². The number of ether oxygens (including phenoxy) is 2. The van der Waals surface area contributed by atoms with E-state index in [0.717, 1.165) is 19.3 Å². The molecule has 2 bridgehead atoms. The van der Waals surface area contributed by atoms with Gasteiger partial charge in [0.25, 0.3) is 0 Å². The van der Waals surface area contributed by atoms with Gasteiger partial charge in [-0.2, -0.15) is 0 Å². The second-order valence-corrected chi connectivity index (χ2v) is 7.49. The van der Waals surface area contributed by atoms with E-state index in [1.807, 2.05) is 0 Å². The Hall–Kier alpha value is -1.26. The molecule has 6 atom stereocenters. The molecular weight excluding hydrogens is 280 g/mol. The molecule has 4 heteroatoms. The van der Waals surface area contributed by atoms with Gasteiger partial charge in [-0.3, -0.25) is 0 Å². The number of rotatable bonds is 1. The van der Waals surface area contributed by atoms with Crippen LogP contribution in [0.25, 0.3) is 0 Å². The average molecular weight is 302 g/mol. The van der Waals surface area contributed by atoms with Crippen LogP contribution in [0.4, 0.5) is 0 Å².